The van der Waals surface area contributed by atoms with Gasteiger partial charge in [0.1, 0.15) is 0 Å². The fourth-order valence-electron chi connectivity index (χ4n) is 3.30. The summed E-state index contributed by atoms with van der Waals surface area (Å²) in [4.78, 5) is 0. The SMILES string of the molecule is CCCNC(CC(C)C)C1(OC)CCCCCC1. The van der Waals surface area contributed by atoms with Gasteiger partial charge in [0.15, 0.2) is 0 Å². The zero-order valence-electron chi connectivity index (χ0n) is 12.9. The number of rotatable bonds is 7. The third kappa shape index (κ3) is 4.55. The van der Waals surface area contributed by atoms with Crippen LogP contribution in [-0.4, -0.2) is 25.3 Å². The first-order chi connectivity index (χ1) is 8.64. The minimum atomic E-state index is 0.0932. The molecule has 1 saturated carbocycles. The highest BCUT2D eigenvalue weighted by Crippen LogP contribution is 2.35. The summed E-state index contributed by atoms with van der Waals surface area (Å²) in [6.45, 7) is 8.00. The Kier molecular flexibility index (Phi) is 7.25. The zero-order chi connectivity index (χ0) is 13.4. The van der Waals surface area contributed by atoms with Gasteiger partial charge in [0.05, 0.1) is 5.60 Å². The maximum absolute atomic E-state index is 6.06. The van der Waals surface area contributed by atoms with Gasteiger partial charge in [-0.3, -0.25) is 0 Å². The van der Waals surface area contributed by atoms with Crippen LogP contribution in [0.4, 0.5) is 0 Å². The van der Waals surface area contributed by atoms with E-state index in [2.05, 4.69) is 26.1 Å². The Labute approximate surface area is 114 Å². The number of methoxy groups -OCH3 is 1. The molecule has 0 saturated heterocycles. The molecule has 0 amide bonds. The van der Waals surface area contributed by atoms with E-state index in [0.717, 1.165) is 12.5 Å². The highest BCUT2D eigenvalue weighted by atomic mass is 16.5. The predicted octanol–water partition coefficient (Wildman–Crippen LogP) is 4.14. The molecule has 1 N–H and O–H groups in total. The molecule has 0 bridgehead atoms. The summed E-state index contributed by atoms with van der Waals surface area (Å²) in [5.74, 6) is 0.731. The van der Waals surface area contributed by atoms with E-state index in [4.69, 9.17) is 4.74 Å². The van der Waals surface area contributed by atoms with Crippen molar-refractivity contribution in [1.29, 1.82) is 0 Å². The zero-order valence-corrected chi connectivity index (χ0v) is 12.9. The van der Waals surface area contributed by atoms with E-state index >= 15 is 0 Å². The van der Waals surface area contributed by atoms with Gasteiger partial charge in [-0.05, 0) is 38.1 Å². The van der Waals surface area contributed by atoms with Gasteiger partial charge in [0, 0.05) is 13.2 Å². The van der Waals surface area contributed by atoms with Crippen LogP contribution in [-0.2, 0) is 4.74 Å². The van der Waals surface area contributed by atoms with Crippen LogP contribution in [0.1, 0.15) is 72.1 Å². The molecule has 1 fully saturated rings. The van der Waals surface area contributed by atoms with Crippen LogP contribution in [0.2, 0.25) is 0 Å². The Morgan fingerprint density at radius 1 is 1.11 bits per heavy atom. The minimum Gasteiger partial charge on any atom is -0.377 e. The van der Waals surface area contributed by atoms with E-state index in [0.29, 0.717) is 6.04 Å². The third-order valence-electron chi connectivity index (χ3n) is 4.34. The topological polar surface area (TPSA) is 21.3 Å². The highest BCUT2D eigenvalue weighted by molar-refractivity contribution is 4.94. The maximum Gasteiger partial charge on any atom is 0.0831 e. The molecule has 18 heavy (non-hydrogen) atoms. The first kappa shape index (κ1) is 16.0. The first-order valence-electron chi connectivity index (χ1n) is 7.93. The molecule has 2 heteroatoms. The third-order valence-corrected chi connectivity index (χ3v) is 4.34. The molecule has 108 valence electrons. The Morgan fingerprint density at radius 2 is 1.72 bits per heavy atom. The molecule has 0 aliphatic heterocycles. The smallest absolute Gasteiger partial charge is 0.0831 e. The lowest BCUT2D eigenvalue weighted by Crippen LogP contribution is -2.52. The summed E-state index contributed by atoms with van der Waals surface area (Å²) in [6.07, 6.45) is 10.3. The average Bonchev–Trinajstić information content (AvgIpc) is 2.60. The monoisotopic (exact) mass is 255 g/mol. The van der Waals surface area contributed by atoms with Crippen molar-refractivity contribution in [3.8, 4) is 0 Å². The summed E-state index contributed by atoms with van der Waals surface area (Å²) >= 11 is 0. The molecular formula is C16H33NO. The lowest BCUT2D eigenvalue weighted by atomic mass is 9.81. The second-order valence-electron chi connectivity index (χ2n) is 6.32. The van der Waals surface area contributed by atoms with E-state index in [-0.39, 0.29) is 5.60 Å². The van der Waals surface area contributed by atoms with E-state index in [1.807, 2.05) is 7.11 Å². The van der Waals surface area contributed by atoms with Crippen molar-refractivity contribution in [1.82, 2.24) is 5.32 Å². The number of nitrogens with one attached hydrogen (secondary N) is 1. The van der Waals surface area contributed by atoms with Crippen LogP contribution in [0.5, 0.6) is 0 Å². The molecule has 1 aliphatic carbocycles. The fraction of sp³-hybridized carbons (Fsp3) is 1.00. The summed E-state index contributed by atoms with van der Waals surface area (Å²) in [5.41, 5.74) is 0.0932. The van der Waals surface area contributed by atoms with Crippen LogP contribution in [0, 0.1) is 5.92 Å². The van der Waals surface area contributed by atoms with Crippen molar-refractivity contribution in [2.45, 2.75) is 83.8 Å². The molecule has 2 nitrogen and oxygen atoms in total. The maximum atomic E-state index is 6.06. The van der Waals surface area contributed by atoms with Crippen LogP contribution in [0.15, 0.2) is 0 Å². The summed E-state index contributed by atoms with van der Waals surface area (Å²) < 4.78 is 6.06. The van der Waals surface area contributed by atoms with E-state index < -0.39 is 0 Å². The minimum absolute atomic E-state index is 0.0932. The van der Waals surface area contributed by atoms with Crippen LogP contribution in [0.25, 0.3) is 0 Å². The molecule has 0 aromatic rings. The van der Waals surface area contributed by atoms with Gasteiger partial charge in [-0.15, -0.1) is 0 Å². The first-order valence-corrected chi connectivity index (χ1v) is 7.93. The van der Waals surface area contributed by atoms with Crippen molar-refractivity contribution in [2.24, 2.45) is 5.92 Å². The molecular weight excluding hydrogens is 222 g/mol. The lowest BCUT2D eigenvalue weighted by molar-refractivity contribution is -0.0573. The van der Waals surface area contributed by atoms with Gasteiger partial charge in [0.2, 0.25) is 0 Å². The van der Waals surface area contributed by atoms with E-state index in [9.17, 15) is 0 Å². The molecule has 0 aromatic carbocycles. The molecule has 0 heterocycles. The normalized spacial score (nSPS) is 21.8. The Morgan fingerprint density at radius 3 is 2.17 bits per heavy atom. The Bertz CT molecular complexity index is 207. The highest BCUT2D eigenvalue weighted by Gasteiger charge is 2.38. The molecule has 0 radical (unpaired) electrons. The molecule has 0 aromatic heterocycles. The standard InChI is InChI=1S/C16H33NO/c1-5-12-17-15(13-14(2)3)16(18-4)10-8-6-7-9-11-16/h14-15,17H,5-13H2,1-4H3. The lowest BCUT2D eigenvalue weighted by Gasteiger charge is -2.41. The number of hydrogen-bond donors (Lipinski definition) is 1. The number of ether oxygens (including phenoxy) is 1. The Hall–Kier alpha value is -0.0800. The van der Waals surface area contributed by atoms with Gasteiger partial charge in [0.25, 0.3) is 0 Å². The summed E-state index contributed by atoms with van der Waals surface area (Å²) in [6, 6.07) is 0.528. The van der Waals surface area contributed by atoms with Crippen LogP contribution >= 0.6 is 0 Å². The largest absolute Gasteiger partial charge is 0.377 e. The second kappa shape index (κ2) is 8.16. The molecule has 1 unspecified atom stereocenters. The van der Waals surface area contributed by atoms with Gasteiger partial charge >= 0.3 is 0 Å². The molecule has 1 rings (SSSR count). The Balaban J connectivity index is 2.74. The van der Waals surface area contributed by atoms with Crippen molar-refractivity contribution in [2.75, 3.05) is 13.7 Å². The van der Waals surface area contributed by atoms with Gasteiger partial charge < -0.3 is 10.1 Å². The summed E-state index contributed by atoms with van der Waals surface area (Å²) in [5, 5.41) is 3.76. The molecule has 0 spiro atoms. The molecule has 1 aliphatic rings. The second-order valence-corrected chi connectivity index (χ2v) is 6.32. The van der Waals surface area contributed by atoms with E-state index in [1.165, 1.54) is 51.4 Å². The summed E-state index contributed by atoms with van der Waals surface area (Å²) in [7, 11) is 1.92. The van der Waals surface area contributed by atoms with Gasteiger partial charge in [-0.25, -0.2) is 0 Å². The van der Waals surface area contributed by atoms with Gasteiger partial charge in [-0.1, -0.05) is 46.5 Å². The van der Waals surface area contributed by atoms with Crippen molar-refractivity contribution >= 4 is 0 Å². The van der Waals surface area contributed by atoms with E-state index in [1.54, 1.807) is 0 Å². The predicted molar refractivity (Wildman–Crippen MR) is 79.0 cm³/mol. The van der Waals surface area contributed by atoms with Gasteiger partial charge in [-0.2, -0.15) is 0 Å². The van der Waals surface area contributed by atoms with Crippen molar-refractivity contribution in [3.63, 3.8) is 0 Å². The molecule has 1 atom stereocenters. The van der Waals surface area contributed by atoms with Crippen LogP contribution in [0.3, 0.4) is 0 Å². The van der Waals surface area contributed by atoms with Crippen LogP contribution < -0.4 is 5.32 Å². The quantitative estimate of drug-likeness (QED) is 0.690. The van der Waals surface area contributed by atoms with Crippen molar-refractivity contribution < 1.29 is 4.74 Å². The van der Waals surface area contributed by atoms with Crippen molar-refractivity contribution in [3.05, 3.63) is 0 Å². The fourth-order valence-corrected chi connectivity index (χ4v) is 3.30. The number of hydrogen-bond acceptors (Lipinski definition) is 2. The average molecular weight is 255 g/mol.